The maximum Gasteiger partial charge on any atom is 0.161 e. The number of hydrogen-bond donors (Lipinski definition) is 1. The highest BCUT2D eigenvalue weighted by Gasteiger charge is 1.99. The molecule has 1 unspecified atom stereocenters. The predicted octanol–water partition coefficient (Wildman–Crippen LogP) is 1.42. The van der Waals surface area contributed by atoms with E-state index in [1.165, 1.54) is 18.2 Å². The van der Waals surface area contributed by atoms with E-state index >= 15 is 0 Å². The summed E-state index contributed by atoms with van der Waals surface area (Å²) in [7, 11) is 1.61. The van der Waals surface area contributed by atoms with Crippen LogP contribution in [0.25, 0.3) is 0 Å². The SMILES string of the molecule is CCC(O)CCSCCC[SiH2]OC. The summed E-state index contributed by atoms with van der Waals surface area (Å²) in [6, 6.07) is 1.29. The Morgan fingerprint density at radius 3 is 2.85 bits per heavy atom. The number of thioether (sulfide) groups is 1. The zero-order chi connectivity index (χ0) is 9.94. The van der Waals surface area contributed by atoms with Crippen molar-refractivity contribution in [2.75, 3.05) is 18.6 Å². The molecule has 0 bridgehead atoms. The molecule has 0 saturated heterocycles. The first-order valence-corrected chi connectivity index (χ1v) is 7.79. The van der Waals surface area contributed by atoms with Crippen molar-refractivity contribution >= 4 is 21.5 Å². The van der Waals surface area contributed by atoms with Gasteiger partial charge in [-0.1, -0.05) is 6.92 Å². The molecule has 1 N–H and O–H groups in total. The maximum absolute atomic E-state index is 9.27. The van der Waals surface area contributed by atoms with Crippen LogP contribution < -0.4 is 0 Å². The van der Waals surface area contributed by atoms with E-state index in [9.17, 15) is 5.11 Å². The van der Waals surface area contributed by atoms with Crippen molar-refractivity contribution in [1.82, 2.24) is 0 Å². The minimum Gasteiger partial charge on any atom is -0.427 e. The first kappa shape index (κ1) is 13.5. The van der Waals surface area contributed by atoms with Crippen molar-refractivity contribution in [3.63, 3.8) is 0 Å². The van der Waals surface area contributed by atoms with Gasteiger partial charge < -0.3 is 9.53 Å². The van der Waals surface area contributed by atoms with Crippen molar-refractivity contribution in [3.05, 3.63) is 0 Å². The lowest BCUT2D eigenvalue weighted by molar-refractivity contribution is 0.167. The molecule has 0 saturated carbocycles. The quantitative estimate of drug-likeness (QED) is 0.473. The van der Waals surface area contributed by atoms with Crippen LogP contribution in [0.2, 0.25) is 6.04 Å². The maximum atomic E-state index is 9.27. The van der Waals surface area contributed by atoms with E-state index in [-0.39, 0.29) is 15.9 Å². The minimum absolute atomic E-state index is 0.0825. The first-order chi connectivity index (χ1) is 6.31. The van der Waals surface area contributed by atoms with Gasteiger partial charge in [-0.3, -0.25) is 0 Å². The van der Waals surface area contributed by atoms with E-state index in [1.807, 2.05) is 18.7 Å². The van der Waals surface area contributed by atoms with Gasteiger partial charge in [0.2, 0.25) is 0 Å². The molecule has 0 radical (unpaired) electrons. The van der Waals surface area contributed by atoms with Crippen LogP contribution in [0.5, 0.6) is 0 Å². The monoisotopic (exact) mass is 222 g/mol. The molecule has 0 aliphatic carbocycles. The van der Waals surface area contributed by atoms with Gasteiger partial charge in [0.25, 0.3) is 0 Å². The van der Waals surface area contributed by atoms with Crippen LogP contribution in [-0.4, -0.2) is 39.6 Å². The second-order valence-electron chi connectivity index (χ2n) is 3.16. The van der Waals surface area contributed by atoms with Gasteiger partial charge in [0.1, 0.15) is 0 Å². The Kier molecular flexibility index (Phi) is 11.0. The molecule has 0 aliphatic heterocycles. The van der Waals surface area contributed by atoms with Crippen LogP contribution in [0.3, 0.4) is 0 Å². The zero-order valence-electron chi connectivity index (χ0n) is 8.79. The third kappa shape index (κ3) is 10.4. The van der Waals surface area contributed by atoms with Crippen LogP contribution in [-0.2, 0) is 4.43 Å². The van der Waals surface area contributed by atoms with Gasteiger partial charge >= 0.3 is 0 Å². The Morgan fingerprint density at radius 2 is 2.23 bits per heavy atom. The summed E-state index contributed by atoms with van der Waals surface area (Å²) in [6.45, 7) is 2.03. The van der Waals surface area contributed by atoms with Gasteiger partial charge in [0, 0.05) is 7.11 Å². The largest absolute Gasteiger partial charge is 0.427 e. The molecule has 1 atom stereocenters. The predicted molar refractivity (Wildman–Crippen MR) is 63.2 cm³/mol. The molecule has 0 rings (SSSR count). The highest BCUT2D eigenvalue weighted by molar-refractivity contribution is 7.99. The van der Waals surface area contributed by atoms with Gasteiger partial charge in [-0.05, 0) is 36.8 Å². The van der Waals surface area contributed by atoms with Crippen LogP contribution in [0.1, 0.15) is 26.2 Å². The van der Waals surface area contributed by atoms with E-state index in [4.69, 9.17) is 4.43 Å². The molecular weight excluding hydrogens is 200 g/mol. The Balaban J connectivity index is 2.91. The fraction of sp³-hybridized carbons (Fsp3) is 1.00. The Bertz CT molecular complexity index is 104. The second-order valence-corrected chi connectivity index (χ2v) is 6.08. The second kappa shape index (κ2) is 10.6. The molecule has 0 aliphatic rings. The number of hydrogen-bond acceptors (Lipinski definition) is 3. The summed E-state index contributed by atoms with van der Waals surface area (Å²) >= 11 is 1.95. The van der Waals surface area contributed by atoms with Gasteiger partial charge in [-0.2, -0.15) is 11.8 Å². The summed E-state index contributed by atoms with van der Waals surface area (Å²) < 4.78 is 5.09. The summed E-state index contributed by atoms with van der Waals surface area (Å²) in [5.41, 5.74) is 0. The van der Waals surface area contributed by atoms with Crippen LogP contribution in [0.4, 0.5) is 0 Å². The summed E-state index contributed by atoms with van der Waals surface area (Å²) in [5, 5.41) is 9.27. The lowest BCUT2D eigenvalue weighted by atomic mass is 10.2. The summed E-state index contributed by atoms with van der Waals surface area (Å²) in [4.78, 5) is 0. The Hall–Kier alpha value is 0.487. The fourth-order valence-electron chi connectivity index (χ4n) is 0.976. The third-order valence-electron chi connectivity index (χ3n) is 1.95. The lowest BCUT2D eigenvalue weighted by Gasteiger charge is -2.06. The van der Waals surface area contributed by atoms with Crippen molar-refractivity contribution in [2.24, 2.45) is 0 Å². The topological polar surface area (TPSA) is 29.5 Å². The van der Waals surface area contributed by atoms with E-state index in [2.05, 4.69) is 0 Å². The van der Waals surface area contributed by atoms with Crippen molar-refractivity contribution < 1.29 is 9.53 Å². The molecule has 4 heteroatoms. The van der Waals surface area contributed by atoms with Gasteiger partial charge in [-0.25, -0.2) is 0 Å². The number of rotatable bonds is 9. The molecule has 0 heterocycles. The van der Waals surface area contributed by atoms with E-state index in [0.717, 1.165) is 18.6 Å². The number of aliphatic hydroxyl groups is 1. The lowest BCUT2D eigenvalue weighted by Crippen LogP contribution is -2.05. The smallest absolute Gasteiger partial charge is 0.161 e. The number of aliphatic hydroxyl groups excluding tert-OH is 1. The van der Waals surface area contributed by atoms with Gasteiger partial charge in [-0.15, -0.1) is 0 Å². The average Bonchev–Trinajstić information content (AvgIpc) is 2.16. The van der Waals surface area contributed by atoms with Crippen molar-refractivity contribution in [3.8, 4) is 0 Å². The van der Waals surface area contributed by atoms with E-state index in [0.29, 0.717) is 0 Å². The molecular formula is C9H22O2SSi. The van der Waals surface area contributed by atoms with E-state index in [1.54, 1.807) is 7.11 Å². The first-order valence-electron chi connectivity index (χ1n) is 5.06. The molecule has 2 nitrogen and oxygen atoms in total. The molecule has 0 fully saturated rings. The highest BCUT2D eigenvalue weighted by atomic mass is 32.2. The molecule has 13 heavy (non-hydrogen) atoms. The van der Waals surface area contributed by atoms with Crippen LogP contribution >= 0.6 is 11.8 Å². The zero-order valence-corrected chi connectivity index (χ0v) is 11.0. The fourth-order valence-corrected chi connectivity index (χ4v) is 3.13. The van der Waals surface area contributed by atoms with Crippen molar-refractivity contribution in [1.29, 1.82) is 0 Å². The molecule has 0 aromatic heterocycles. The third-order valence-corrected chi connectivity index (χ3v) is 4.25. The average molecular weight is 222 g/mol. The highest BCUT2D eigenvalue weighted by Crippen LogP contribution is 2.09. The molecule has 0 spiro atoms. The van der Waals surface area contributed by atoms with Crippen LogP contribution in [0.15, 0.2) is 0 Å². The minimum atomic E-state index is -0.195. The Morgan fingerprint density at radius 1 is 1.46 bits per heavy atom. The molecule has 0 aromatic carbocycles. The van der Waals surface area contributed by atoms with E-state index < -0.39 is 0 Å². The summed E-state index contributed by atoms with van der Waals surface area (Å²) in [5.74, 6) is 2.33. The summed E-state index contributed by atoms with van der Waals surface area (Å²) in [6.07, 6.45) is 3.04. The normalized spacial score (nSPS) is 14.1. The van der Waals surface area contributed by atoms with Crippen LogP contribution in [0, 0.1) is 0 Å². The molecule has 80 valence electrons. The molecule has 0 aromatic rings. The molecule has 0 amide bonds. The van der Waals surface area contributed by atoms with Crippen molar-refractivity contribution in [2.45, 2.75) is 38.3 Å². The van der Waals surface area contributed by atoms with Gasteiger partial charge in [0.05, 0.1) is 6.10 Å². The standard InChI is InChI=1S/C9H22O2SSi/c1-3-9(10)5-7-12-6-4-8-13-11-2/h9-10H,3-8,13H2,1-2H3. The Labute approximate surface area is 88.4 Å². The van der Waals surface area contributed by atoms with Gasteiger partial charge in [0.15, 0.2) is 9.76 Å².